The summed E-state index contributed by atoms with van der Waals surface area (Å²) in [5.74, 6) is 2.17. The molecule has 2 aliphatic rings. The molecule has 2 fully saturated rings. The van der Waals surface area contributed by atoms with Crippen LogP contribution in [0.15, 0.2) is 6.33 Å². The molecule has 0 bridgehead atoms. The maximum atomic E-state index is 6.02. The van der Waals surface area contributed by atoms with Crippen molar-refractivity contribution in [2.24, 2.45) is 17.6 Å². The fourth-order valence-electron chi connectivity index (χ4n) is 2.56. The van der Waals surface area contributed by atoms with E-state index >= 15 is 0 Å². The van der Waals surface area contributed by atoms with Crippen molar-refractivity contribution in [2.75, 3.05) is 30.4 Å². The highest BCUT2D eigenvalue weighted by atomic mass is 35.5. The Hall–Kier alpha value is -1.07. The van der Waals surface area contributed by atoms with Crippen LogP contribution in [0.25, 0.3) is 0 Å². The minimum Gasteiger partial charge on any atom is -0.383 e. The first kappa shape index (κ1) is 10.1. The van der Waals surface area contributed by atoms with Crippen LogP contribution in [-0.2, 0) is 0 Å². The second-order valence-electron chi connectivity index (χ2n) is 4.42. The first-order chi connectivity index (χ1) is 7.72. The molecule has 86 valence electrons. The normalized spacial score (nSPS) is 31.4. The van der Waals surface area contributed by atoms with Gasteiger partial charge in [0.05, 0.1) is 0 Å². The summed E-state index contributed by atoms with van der Waals surface area (Å²) in [7, 11) is 1.83. The van der Waals surface area contributed by atoms with E-state index in [9.17, 15) is 0 Å². The van der Waals surface area contributed by atoms with Crippen LogP contribution in [-0.4, -0.2) is 36.1 Å². The third-order valence-electron chi connectivity index (χ3n) is 3.59. The van der Waals surface area contributed by atoms with Gasteiger partial charge in [0.25, 0.3) is 0 Å². The van der Waals surface area contributed by atoms with Crippen molar-refractivity contribution in [3.05, 3.63) is 11.5 Å². The molecule has 1 aromatic rings. The van der Waals surface area contributed by atoms with Crippen LogP contribution in [0.5, 0.6) is 0 Å². The van der Waals surface area contributed by atoms with Gasteiger partial charge in [-0.15, -0.1) is 0 Å². The third-order valence-corrected chi connectivity index (χ3v) is 3.88. The molecule has 0 aromatic carbocycles. The summed E-state index contributed by atoms with van der Waals surface area (Å²) >= 11 is 6.02. The predicted molar refractivity (Wildman–Crippen MR) is 63.8 cm³/mol. The lowest BCUT2D eigenvalue weighted by Gasteiger charge is -2.22. The largest absolute Gasteiger partial charge is 0.383 e. The van der Waals surface area contributed by atoms with Crippen molar-refractivity contribution in [2.45, 2.75) is 6.04 Å². The lowest BCUT2D eigenvalue weighted by Crippen LogP contribution is -2.29. The fraction of sp³-hybridized carbons (Fsp3) is 0.600. The quantitative estimate of drug-likeness (QED) is 0.739. The number of hydrogen-bond donors (Lipinski definition) is 2. The average molecular weight is 240 g/mol. The Morgan fingerprint density at radius 1 is 1.44 bits per heavy atom. The number of halogens is 1. The monoisotopic (exact) mass is 239 g/mol. The lowest BCUT2D eigenvalue weighted by molar-refractivity contribution is 0.735. The van der Waals surface area contributed by atoms with Crippen LogP contribution < -0.4 is 16.0 Å². The first-order valence-electron chi connectivity index (χ1n) is 5.41. The summed E-state index contributed by atoms with van der Waals surface area (Å²) in [5.41, 5.74) is 6.72. The van der Waals surface area contributed by atoms with Crippen molar-refractivity contribution in [3.63, 3.8) is 0 Å². The maximum Gasteiger partial charge on any atom is 0.157 e. The van der Waals surface area contributed by atoms with E-state index in [2.05, 4.69) is 20.2 Å². The molecule has 1 saturated carbocycles. The SMILES string of the molecule is CNc1c(Cl)ncnc1N1C[C@@H]2C(N)[C@@H]2C1. The number of hydrogen-bond acceptors (Lipinski definition) is 5. The van der Waals surface area contributed by atoms with Crippen LogP contribution in [0.4, 0.5) is 11.5 Å². The van der Waals surface area contributed by atoms with Gasteiger partial charge in [-0.25, -0.2) is 9.97 Å². The van der Waals surface area contributed by atoms with E-state index in [0.29, 0.717) is 23.0 Å². The topological polar surface area (TPSA) is 67.1 Å². The van der Waals surface area contributed by atoms with E-state index < -0.39 is 0 Å². The van der Waals surface area contributed by atoms with E-state index in [1.165, 1.54) is 6.33 Å². The number of fused-ring (bicyclic) bond motifs is 1. The molecule has 1 saturated heterocycles. The highest BCUT2D eigenvalue weighted by Gasteiger charge is 2.54. The van der Waals surface area contributed by atoms with Gasteiger partial charge in [0.15, 0.2) is 11.0 Å². The summed E-state index contributed by atoms with van der Waals surface area (Å²) in [6.07, 6.45) is 1.50. The molecule has 5 nitrogen and oxygen atoms in total. The van der Waals surface area contributed by atoms with Crippen LogP contribution in [0.2, 0.25) is 5.15 Å². The maximum absolute atomic E-state index is 6.02. The molecule has 1 aliphatic carbocycles. The van der Waals surface area contributed by atoms with E-state index in [0.717, 1.165) is 24.6 Å². The summed E-state index contributed by atoms with van der Waals surface area (Å²) in [6.45, 7) is 1.96. The molecular formula is C10H14ClN5. The van der Waals surface area contributed by atoms with Gasteiger partial charge >= 0.3 is 0 Å². The van der Waals surface area contributed by atoms with Gasteiger partial charge in [0.2, 0.25) is 0 Å². The molecule has 16 heavy (non-hydrogen) atoms. The van der Waals surface area contributed by atoms with Crippen LogP contribution in [0.1, 0.15) is 0 Å². The zero-order chi connectivity index (χ0) is 11.3. The van der Waals surface area contributed by atoms with E-state index in [4.69, 9.17) is 17.3 Å². The van der Waals surface area contributed by atoms with Gasteiger partial charge in [0, 0.05) is 26.2 Å². The van der Waals surface area contributed by atoms with Crippen molar-refractivity contribution in [1.29, 1.82) is 0 Å². The minimum absolute atomic E-state index is 0.395. The lowest BCUT2D eigenvalue weighted by atomic mass is 10.3. The Morgan fingerprint density at radius 3 is 2.75 bits per heavy atom. The van der Waals surface area contributed by atoms with E-state index in [1.54, 1.807) is 0 Å². The Morgan fingerprint density at radius 2 is 2.12 bits per heavy atom. The van der Waals surface area contributed by atoms with Gasteiger partial charge in [-0.1, -0.05) is 11.6 Å². The number of nitrogens with zero attached hydrogens (tertiary/aromatic N) is 3. The smallest absolute Gasteiger partial charge is 0.157 e. The predicted octanol–water partition coefficient (Wildman–Crippen LogP) is 0.565. The number of anilines is 2. The highest BCUT2D eigenvalue weighted by molar-refractivity contribution is 6.32. The number of piperidine rings is 1. The van der Waals surface area contributed by atoms with E-state index in [1.807, 2.05) is 7.05 Å². The Labute approximate surface area is 99.0 Å². The number of rotatable bonds is 2. The van der Waals surface area contributed by atoms with Crippen molar-refractivity contribution >= 4 is 23.1 Å². The van der Waals surface area contributed by atoms with Crippen LogP contribution in [0.3, 0.4) is 0 Å². The zero-order valence-electron chi connectivity index (χ0n) is 9.02. The number of nitrogens with two attached hydrogens (primary N) is 1. The molecule has 1 aromatic heterocycles. The second-order valence-corrected chi connectivity index (χ2v) is 4.78. The summed E-state index contributed by atoms with van der Waals surface area (Å²) in [6, 6.07) is 0.395. The third kappa shape index (κ3) is 1.35. The van der Waals surface area contributed by atoms with Gasteiger partial charge in [-0.2, -0.15) is 0 Å². The Bertz CT molecular complexity index is 412. The average Bonchev–Trinajstić information content (AvgIpc) is 2.75. The molecule has 1 unspecified atom stereocenters. The molecule has 2 heterocycles. The summed E-state index contributed by atoms with van der Waals surface area (Å²) < 4.78 is 0. The Balaban J connectivity index is 1.87. The van der Waals surface area contributed by atoms with Crippen molar-refractivity contribution < 1.29 is 0 Å². The standard InChI is InChI=1S/C10H14ClN5/c1-13-8-9(11)14-4-15-10(8)16-2-5-6(3-16)7(5)12/h4-7,13H,2-3,12H2,1H3/t5-,6+,7?. The van der Waals surface area contributed by atoms with Gasteiger partial charge in [-0.3, -0.25) is 0 Å². The molecule has 3 rings (SSSR count). The molecule has 0 spiro atoms. The minimum atomic E-state index is 0.395. The van der Waals surface area contributed by atoms with Gasteiger partial charge in [0.1, 0.15) is 12.0 Å². The molecule has 0 radical (unpaired) electrons. The highest BCUT2D eigenvalue weighted by Crippen LogP contribution is 2.46. The molecule has 6 heteroatoms. The molecular weight excluding hydrogens is 226 g/mol. The van der Waals surface area contributed by atoms with Gasteiger partial charge < -0.3 is 16.0 Å². The molecule has 3 N–H and O–H groups in total. The molecule has 0 amide bonds. The summed E-state index contributed by atoms with van der Waals surface area (Å²) in [4.78, 5) is 10.5. The fourth-order valence-corrected chi connectivity index (χ4v) is 2.78. The first-order valence-corrected chi connectivity index (χ1v) is 5.79. The van der Waals surface area contributed by atoms with Crippen LogP contribution >= 0.6 is 11.6 Å². The molecule has 1 aliphatic heterocycles. The van der Waals surface area contributed by atoms with Gasteiger partial charge in [-0.05, 0) is 11.8 Å². The van der Waals surface area contributed by atoms with Crippen molar-refractivity contribution in [1.82, 2.24) is 9.97 Å². The Kier molecular flexibility index (Phi) is 2.19. The second kappa shape index (κ2) is 3.46. The summed E-state index contributed by atoms with van der Waals surface area (Å²) in [5, 5.41) is 3.52. The molecule has 3 atom stereocenters. The van der Waals surface area contributed by atoms with Crippen LogP contribution in [0, 0.1) is 11.8 Å². The van der Waals surface area contributed by atoms with E-state index in [-0.39, 0.29) is 0 Å². The zero-order valence-corrected chi connectivity index (χ0v) is 9.78. The number of nitrogens with one attached hydrogen (secondary N) is 1. The number of aromatic nitrogens is 2. The van der Waals surface area contributed by atoms with Crippen molar-refractivity contribution in [3.8, 4) is 0 Å².